The van der Waals surface area contributed by atoms with Crippen LogP contribution in [0.1, 0.15) is 30.0 Å². The zero-order valence-corrected chi connectivity index (χ0v) is 20.0. The van der Waals surface area contributed by atoms with Crippen molar-refractivity contribution in [3.8, 4) is 11.8 Å². The molecule has 5 nitrogen and oxygen atoms in total. The Kier molecular flexibility index (Phi) is 5.82. The molecule has 0 aliphatic carbocycles. The maximum Gasteiger partial charge on any atom is 0.231 e. The lowest BCUT2D eigenvalue weighted by atomic mass is 9.86. The summed E-state index contributed by atoms with van der Waals surface area (Å²) in [6, 6.07) is 22.7. The SMILES string of the molecule is CN1C(=N)N[C@](C)(c2ccc3sc4ccc(C#CCOCc5ccccc5)cc4c3c2)CC1=O. The fraction of sp³-hybridized carbons (Fsp3) is 0.214. The molecule has 1 amide bonds. The molecule has 0 saturated carbocycles. The van der Waals surface area contributed by atoms with Gasteiger partial charge in [-0.1, -0.05) is 48.2 Å². The molecule has 3 aromatic carbocycles. The maximum atomic E-state index is 12.4. The second kappa shape index (κ2) is 8.94. The van der Waals surface area contributed by atoms with Crippen LogP contribution in [0.4, 0.5) is 0 Å². The molecule has 0 radical (unpaired) electrons. The monoisotopic (exact) mass is 467 g/mol. The number of thiophene rings is 1. The summed E-state index contributed by atoms with van der Waals surface area (Å²) in [5, 5.41) is 13.6. The van der Waals surface area contributed by atoms with Crippen LogP contribution >= 0.6 is 11.3 Å². The van der Waals surface area contributed by atoms with Gasteiger partial charge in [0, 0.05) is 32.8 Å². The number of carbonyl (C=O) groups excluding carboxylic acids is 1. The fourth-order valence-corrected chi connectivity index (χ4v) is 5.31. The summed E-state index contributed by atoms with van der Waals surface area (Å²) < 4.78 is 8.06. The molecule has 0 unspecified atom stereocenters. The highest BCUT2D eigenvalue weighted by atomic mass is 32.1. The first-order chi connectivity index (χ1) is 16.4. The van der Waals surface area contributed by atoms with Crippen molar-refractivity contribution < 1.29 is 9.53 Å². The first-order valence-corrected chi connectivity index (χ1v) is 12.0. The predicted octanol–water partition coefficient (Wildman–Crippen LogP) is 5.22. The van der Waals surface area contributed by atoms with E-state index in [9.17, 15) is 4.79 Å². The van der Waals surface area contributed by atoms with E-state index in [-0.39, 0.29) is 11.9 Å². The standard InChI is InChI=1S/C28H25N3O2S/c1-28(17-26(32)31(2)27(29)30-28)21-11-13-25-23(16-21)22-15-19(10-12-24(22)34-25)9-6-14-33-18-20-7-4-3-5-8-20/h3-5,7-8,10-13,15-16H,14,17-18H2,1-2H3,(H2,29,30)/t28-/m0/s1. The highest BCUT2D eigenvalue weighted by molar-refractivity contribution is 7.25. The average Bonchev–Trinajstić information content (AvgIpc) is 3.20. The van der Waals surface area contributed by atoms with E-state index < -0.39 is 5.54 Å². The smallest absolute Gasteiger partial charge is 0.231 e. The molecule has 2 N–H and O–H groups in total. The van der Waals surface area contributed by atoms with Crippen LogP contribution in [0.15, 0.2) is 66.7 Å². The minimum absolute atomic E-state index is 0.0615. The summed E-state index contributed by atoms with van der Waals surface area (Å²) in [6.45, 7) is 2.91. The van der Waals surface area contributed by atoms with Crippen LogP contribution in [-0.2, 0) is 21.7 Å². The van der Waals surface area contributed by atoms with E-state index in [2.05, 4.69) is 47.5 Å². The van der Waals surface area contributed by atoms with Gasteiger partial charge in [0.1, 0.15) is 6.61 Å². The van der Waals surface area contributed by atoms with E-state index in [0.29, 0.717) is 19.6 Å². The Hall–Kier alpha value is -3.66. The molecule has 1 aliphatic heterocycles. The van der Waals surface area contributed by atoms with Crippen molar-refractivity contribution in [3.63, 3.8) is 0 Å². The molecular weight excluding hydrogens is 442 g/mol. The zero-order chi connectivity index (χ0) is 23.7. The zero-order valence-electron chi connectivity index (χ0n) is 19.1. The Morgan fingerprint density at radius 3 is 2.59 bits per heavy atom. The Labute approximate surface area is 202 Å². The molecule has 1 fully saturated rings. The lowest BCUT2D eigenvalue weighted by Crippen LogP contribution is -2.58. The number of hydrogen-bond acceptors (Lipinski definition) is 4. The van der Waals surface area contributed by atoms with Crippen molar-refractivity contribution in [2.75, 3.05) is 13.7 Å². The van der Waals surface area contributed by atoms with E-state index in [4.69, 9.17) is 10.1 Å². The molecule has 34 heavy (non-hydrogen) atoms. The average molecular weight is 468 g/mol. The van der Waals surface area contributed by atoms with Gasteiger partial charge in [0.05, 0.1) is 18.6 Å². The first kappa shape index (κ1) is 22.1. The number of ether oxygens (including phenoxy) is 1. The van der Waals surface area contributed by atoms with Gasteiger partial charge in [0.2, 0.25) is 5.91 Å². The largest absolute Gasteiger partial charge is 0.364 e. The molecule has 0 spiro atoms. The van der Waals surface area contributed by atoms with Gasteiger partial charge in [0.15, 0.2) is 5.96 Å². The summed E-state index contributed by atoms with van der Waals surface area (Å²) in [6.07, 6.45) is 0.305. The van der Waals surface area contributed by atoms with Crippen LogP contribution in [0.25, 0.3) is 20.2 Å². The van der Waals surface area contributed by atoms with Crippen molar-refractivity contribution in [1.82, 2.24) is 10.2 Å². The van der Waals surface area contributed by atoms with Crippen LogP contribution in [0, 0.1) is 17.3 Å². The normalized spacial score (nSPS) is 18.1. The number of benzene rings is 3. The Bertz CT molecular complexity index is 1450. The number of fused-ring (bicyclic) bond motifs is 3. The fourth-order valence-electron chi connectivity index (χ4n) is 4.24. The molecule has 0 bridgehead atoms. The number of nitrogens with one attached hydrogen (secondary N) is 2. The van der Waals surface area contributed by atoms with E-state index in [1.807, 2.05) is 43.3 Å². The second-order valence-electron chi connectivity index (χ2n) is 8.74. The minimum atomic E-state index is -0.614. The van der Waals surface area contributed by atoms with Crippen molar-refractivity contribution >= 4 is 43.4 Å². The second-order valence-corrected chi connectivity index (χ2v) is 9.82. The van der Waals surface area contributed by atoms with Gasteiger partial charge >= 0.3 is 0 Å². The molecule has 4 aromatic rings. The summed E-state index contributed by atoms with van der Waals surface area (Å²) >= 11 is 1.75. The van der Waals surface area contributed by atoms with Crippen LogP contribution in [0.5, 0.6) is 0 Å². The first-order valence-electron chi connectivity index (χ1n) is 11.1. The number of amides is 1. The molecule has 6 heteroatoms. The Morgan fingerprint density at radius 1 is 1.09 bits per heavy atom. The molecule has 170 valence electrons. The number of guanidine groups is 1. The third-order valence-corrected chi connectivity index (χ3v) is 7.39. The quantitative estimate of drug-likeness (QED) is 0.319. The van der Waals surface area contributed by atoms with Crippen molar-refractivity contribution in [3.05, 3.63) is 83.4 Å². The Morgan fingerprint density at radius 2 is 1.82 bits per heavy atom. The van der Waals surface area contributed by atoms with Crippen LogP contribution < -0.4 is 5.32 Å². The predicted molar refractivity (Wildman–Crippen MR) is 138 cm³/mol. The lowest BCUT2D eigenvalue weighted by molar-refractivity contribution is -0.129. The molecule has 5 rings (SSSR count). The van der Waals surface area contributed by atoms with Crippen LogP contribution in [0.2, 0.25) is 0 Å². The van der Waals surface area contributed by atoms with Crippen molar-refractivity contribution in [2.24, 2.45) is 0 Å². The van der Waals surface area contributed by atoms with Gasteiger partial charge in [0.25, 0.3) is 0 Å². The summed E-state index contributed by atoms with van der Waals surface area (Å²) in [7, 11) is 1.63. The molecule has 1 saturated heterocycles. The molecule has 1 atom stereocenters. The number of nitrogens with zero attached hydrogens (tertiary/aromatic N) is 1. The van der Waals surface area contributed by atoms with E-state index >= 15 is 0 Å². The molecular formula is C28H25N3O2S. The van der Waals surface area contributed by atoms with Gasteiger partial charge < -0.3 is 10.1 Å². The van der Waals surface area contributed by atoms with Crippen LogP contribution in [-0.4, -0.2) is 30.4 Å². The third-order valence-electron chi connectivity index (χ3n) is 6.23. The topological polar surface area (TPSA) is 65.4 Å². The van der Waals surface area contributed by atoms with Gasteiger partial charge in [-0.2, -0.15) is 0 Å². The van der Waals surface area contributed by atoms with Gasteiger partial charge in [-0.25, -0.2) is 0 Å². The van der Waals surface area contributed by atoms with Crippen LogP contribution in [0.3, 0.4) is 0 Å². The lowest BCUT2D eigenvalue weighted by Gasteiger charge is -2.39. The molecule has 2 heterocycles. The Balaban J connectivity index is 1.39. The highest BCUT2D eigenvalue weighted by Crippen LogP contribution is 2.38. The molecule has 1 aromatic heterocycles. The molecule has 1 aliphatic rings. The number of hydrogen-bond donors (Lipinski definition) is 2. The van der Waals surface area contributed by atoms with E-state index in [1.54, 1.807) is 18.4 Å². The van der Waals surface area contributed by atoms with Crippen molar-refractivity contribution in [2.45, 2.75) is 25.5 Å². The minimum Gasteiger partial charge on any atom is -0.364 e. The van der Waals surface area contributed by atoms with E-state index in [1.165, 1.54) is 14.3 Å². The summed E-state index contributed by atoms with van der Waals surface area (Å²) in [5.41, 5.74) is 2.46. The highest BCUT2D eigenvalue weighted by Gasteiger charge is 2.38. The summed E-state index contributed by atoms with van der Waals surface area (Å²) in [5.74, 6) is 6.40. The van der Waals surface area contributed by atoms with Gasteiger partial charge in [-0.15, -0.1) is 11.3 Å². The van der Waals surface area contributed by atoms with Gasteiger partial charge in [-0.3, -0.25) is 15.1 Å². The maximum absolute atomic E-state index is 12.4. The number of carbonyl (C=O) groups is 1. The summed E-state index contributed by atoms with van der Waals surface area (Å²) in [4.78, 5) is 13.8. The number of rotatable bonds is 4. The van der Waals surface area contributed by atoms with E-state index in [0.717, 1.165) is 27.5 Å². The third kappa shape index (κ3) is 4.28. The van der Waals surface area contributed by atoms with Gasteiger partial charge in [-0.05, 0) is 48.4 Å². The van der Waals surface area contributed by atoms with Crippen molar-refractivity contribution in [1.29, 1.82) is 5.41 Å².